The molecule has 106 valence electrons. The molecule has 1 rings (SSSR count). The zero-order valence-corrected chi connectivity index (χ0v) is 12.6. The van der Waals surface area contributed by atoms with Crippen LogP contribution in [0.3, 0.4) is 0 Å². The lowest BCUT2D eigenvalue weighted by molar-refractivity contribution is -0.127. The number of amides is 1. The van der Waals surface area contributed by atoms with E-state index in [4.69, 9.17) is 0 Å². The molecule has 0 aromatic carbocycles. The molecule has 1 fully saturated rings. The Morgan fingerprint density at radius 2 is 1.78 bits per heavy atom. The van der Waals surface area contributed by atoms with Crippen molar-refractivity contribution in [3.63, 3.8) is 0 Å². The Morgan fingerprint density at radius 1 is 1.22 bits per heavy atom. The molecule has 0 spiro atoms. The van der Waals surface area contributed by atoms with Crippen molar-refractivity contribution < 1.29 is 4.79 Å². The van der Waals surface area contributed by atoms with Crippen molar-refractivity contribution in [1.29, 1.82) is 0 Å². The molecule has 1 saturated heterocycles. The maximum atomic E-state index is 11.9. The average molecular weight is 255 g/mol. The zero-order chi connectivity index (χ0) is 13.8. The molecule has 0 aliphatic carbocycles. The minimum absolute atomic E-state index is 0.0396. The van der Waals surface area contributed by atoms with Crippen LogP contribution in [0.4, 0.5) is 0 Å². The summed E-state index contributed by atoms with van der Waals surface area (Å²) >= 11 is 0. The summed E-state index contributed by atoms with van der Waals surface area (Å²) in [5.41, 5.74) is 0.0396. The predicted molar refractivity (Wildman–Crippen MR) is 75.6 cm³/mol. The topological polar surface area (TPSA) is 35.6 Å². The third-order valence-electron chi connectivity index (χ3n) is 4.02. The Hall–Kier alpha value is -0.610. The van der Waals surface area contributed by atoms with Crippen LogP contribution in [0.25, 0.3) is 0 Å². The van der Waals surface area contributed by atoms with Crippen LogP contribution in [-0.4, -0.2) is 62.0 Å². The summed E-state index contributed by atoms with van der Waals surface area (Å²) in [7, 11) is 2.16. The summed E-state index contributed by atoms with van der Waals surface area (Å²) in [6.45, 7) is 14.6. The van der Waals surface area contributed by atoms with Gasteiger partial charge in [0.25, 0.3) is 0 Å². The fraction of sp³-hybridized carbons (Fsp3) is 0.929. The third kappa shape index (κ3) is 4.94. The van der Waals surface area contributed by atoms with Crippen LogP contribution in [0.1, 0.15) is 27.7 Å². The van der Waals surface area contributed by atoms with E-state index in [-0.39, 0.29) is 17.2 Å². The number of nitrogens with one attached hydrogen (secondary N) is 1. The van der Waals surface area contributed by atoms with Gasteiger partial charge in [-0.15, -0.1) is 0 Å². The van der Waals surface area contributed by atoms with Gasteiger partial charge in [0.2, 0.25) is 5.91 Å². The normalized spacial score (nSPS) is 20.7. The fourth-order valence-electron chi connectivity index (χ4n) is 1.96. The molecule has 1 atom stereocenters. The second-order valence-electron chi connectivity index (χ2n) is 6.52. The zero-order valence-electron chi connectivity index (χ0n) is 12.6. The smallest absolute Gasteiger partial charge is 0.223 e. The molecule has 1 unspecified atom stereocenters. The second kappa shape index (κ2) is 6.53. The largest absolute Gasteiger partial charge is 0.355 e. The maximum absolute atomic E-state index is 11.9. The van der Waals surface area contributed by atoms with Crippen molar-refractivity contribution in [2.24, 2.45) is 11.3 Å². The minimum Gasteiger partial charge on any atom is -0.355 e. The number of likely N-dealkylation sites (N-methyl/N-ethyl adjacent to an activating group) is 1. The molecule has 0 radical (unpaired) electrons. The number of carbonyl (C=O) groups excluding carboxylic acids is 1. The molecule has 4 heteroatoms. The van der Waals surface area contributed by atoms with E-state index in [9.17, 15) is 4.79 Å². The van der Waals surface area contributed by atoms with Gasteiger partial charge in [-0.25, -0.2) is 0 Å². The molecule has 18 heavy (non-hydrogen) atoms. The Morgan fingerprint density at radius 3 is 2.28 bits per heavy atom. The van der Waals surface area contributed by atoms with Gasteiger partial charge in [0.15, 0.2) is 0 Å². The van der Waals surface area contributed by atoms with Gasteiger partial charge >= 0.3 is 0 Å². The lowest BCUT2D eigenvalue weighted by Crippen LogP contribution is -2.47. The lowest BCUT2D eigenvalue weighted by atomic mass is 9.81. The summed E-state index contributed by atoms with van der Waals surface area (Å²) in [6, 6.07) is 0. The standard InChI is InChI=1S/C14H29N3O/c1-12(14(2,3)4)13(18)15-6-7-17-10-8-16(5)9-11-17/h12H,6-11H2,1-5H3,(H,15,18). The predicted octanol–water partition coefficient (Wildman–Crippen LogP) is 1.03. The van der Waals surface area contributed by atoms with Crippen molar-refractivity contribution in [2.45, 2.75) is 27.7 Å². The van der Waals surface area contributed by atoms with Crippen LogP contribution >= 0.6 is 0 Å². The highest BCUT2D eigenvalue weighted by atomic mass is 16.1. The number of nitrogens with zero attached hydrogens (tertiary/aromatic N) is 2. The quantitative estimate of drug-likeness (QED) is 0.815. The van der Waals surface area contributed by atoms with E-state index in [1.54, 1.807) is 0 Å². The summed E-state index contributed by atoms with van der Waals surface area (Å²) in [6.07, 6.45) is 0. The third-order valence-corrected chi connectivity index (χ3v) is 4.02. The first-order chi connectivity index (χ1) is 8.30. The first-order valence-corrected chi connectivity index (χ1v) is 6.99. The second-order valence-corrected chi connectivity index (χ2v) is 6.52. The fourth-order valence-corrected chi connectivity index (χ4v) is 1.96. The number of piperazine rings is 1. The number of hydrogen-bond acceptors (Lipinski definition) is 3. The lowest BCUT2D eigenvalue weighted by Gasteiger charge is -2.32. The first-order valence-electron chi connectivity index (χ1n) is 6.99. The van der Waals surface area contributed by atoms with Crippen molar-refractivity contribution in [3.8, 4) is 0 Å². The van der Waals surface area contributed by atoms with Gasteiger partial charge in [-0.2, -0.15) is 0 Å². The number of rotatable bonds is 4. The minimum atomic E-state index is 0.0396. The molecule has 0 saturated carbocycles. The molecule has 1 aliphatic heterocycles. The molecule has 0 aromatic heterocycles. The van der Waals surface area contributed by atoms with E-state index < -0.39 is 0 Å². The van der Waals surface area contributed by atoms with E-state index in [2.05, 4.69) is 42.9 Å². The van der Waals surface area contributed by atoms with Crippen LogP contribution in [0.2, 0.25) is 0 Å². The van der Waals surface area contributed by atoms with Gasteiger partial charge in [0.05, 0.1) is 0 Å². The highest BCUT2D eigenvalue weighted by Gasteiger charge is 2.26. The van der Waals surface area contributed by atoms with Gasteiger partial charge in [-0.1, -0.05) is 27.7 Å². The van der Waals surface area contributed by atoms with Crippen LogP contribution in [0, 0.1) is 11.3 Å². The van der Waals surface area contributed by atoms with Crippen molar-refractivity contribution in [1.82, 2.24) is 15.1 Å². The Balaban J connectivity index is 2.20. The molecule has 1 amide bonds. The Labute approximate surface area is 112 Å². The van der Waals surface area contributed by atoms with Crippen molar-refractivity contribution in [3.05, 3.63) is 0 Å². The van der Waals surface area contributed by atoms with Crippen LogP contribution in [-0.2, 0) is 4.79 Å². The Bertz CT molecular complexity index is 265. The average Bonchev–Trinajstić information content (AvgIpc) is 2.29. The van der Waals surface area contributed by atoms with Gasteiger partial charge in [-0.3, -0.25) is 9.69 Å². The highest BCUT2D eigenvalue weighted by Crippen LogP contribution is 2.25. The molecular weight excluding hydrogens is 226 g/mol. The highest BCUT2D eigenvalue weighted by molar-refractivity contribution is 5.78. The van der Waals surface area contributed by atoms with Gasteiger partial charge in [0.1, 0.15) is 0 Å². The molecule has 1 aliphatic rings. The van der Waals surface area contributed by atoms with E-state index in [0.717, 1.165) is 39.3 Å². The summed E-state index contributed by atoms with van der Waals surface area (Å²) in [5, 5.41) is 3.05. The van der Waals surface area contributed by atoms with Gasteiger partial charge in [-0.05, 0) is 12.5 Å². The van der Waals surface area contributed by atoms with Crippen LogP contribution in [0.15, 0.2) is 0 Å². The van der Waals surface area contributed by atoms with E-state index in [1.165, 1.54) is 0 Å². The summed E-state index contributed by atoms with van der Waals surface area (Å²) < 4.78 is 0. The molecule has 0 bridgehead atoms. The number of hydrogen-bond donors (Lipinski definition) is 1. The molecule has 0 aromatic rings. The van der Waals surface area contributed by atoms with Gasteiger partial charge in [0, 0.05) is 45.2 Å². The van der Waals surface area contributed by atoms with Crippen LogP contribution < -0.4 is 5.32 Å². The van der Waals surface area contributed by atoms with Crippen LogP contribution in [0.5, 0.6) is 0 Å². The van der Waals surface area contributed by atoms with E-state index >= 15 is 0 Å². The monoisotopic (exact) mass is 255 g/mol. The van der Waals surface area contributed by atoms with Crippen molar-refractivity contribution >= 4 is 5.91 Å². The van der Waals surface area contributed by atoms with Crippen molar-refractivity contribution in [2.75, 3.05) is 46.3 Å². The molecule has 4 nitrogen and oxygen atoms in total. The maximum Gasteiger partial charge on any atom is 0.223 e. The molecule has 1 N–H and O–H groups in total. The summed E-state index contributed by atoms with van der Waals surface area (Å²) in [5.74, 6) is 0.238. The summed E-state index contributed by atoms with van der Waals surface area (Å²) in [4.78, 5) is 16.7. The molecule has 1 heterocycles. The molecular formula is C14H29N3O. The van der Waals surface area contributed by atoms with Gasteiger partial charge < -0.3 is 10.2 Å². The van der Waals surface area contributed by atoms with E-state index in [0.29, 0.717) is 0 Å². The SMILES string of the molecule is CC(C(=O)NCCN1CCN(C)CC1)C(C)(C)C. The Kier molecular flexibility index (Phi) is 5.60. The van der Waals surface area contributed by atoms with E-state index in [1.807, 2.05) is 6.92 Å². The number of carbonyl (C=O) groups is 1. The first kappa shape index (κ1) is 15.4.